The molecule has 4 nitrogen and oxygen atoms in total. The van der Waals surface area contributed by atoms with Crippen molar-refractivity contribution in [2.75, 3.05) is 7.05 Å². The summed E-state index contributed by atoms with van der Waals surface area (Å²) >= 11 is 0. The number of nitrogens with one attached hydrogen (secondary N) is 2. The maximum Gasteiger partial charge on any atom is 0.125 e. The van der Waals surface area contributed by atoms with Crippen LogP contribution in [-0.4, -0.2) is 17.2 Å². The molecule has 0 aliphatic carbocycles. The van der Waals surface area contributed by atoms with Crippen molar-refractivity contribution in [3.8, 4) is 0 Å². The maximum atomic E-state index is 5.31. The molecule has 2 N–H and O–H groups in total. The summed E-state index contributed by atoms with van der Waals surface area (Å²) in [6, 6.07) is 3.89. The third-order valence-electron chi connectivity index (χ3n) is 1.97. The van der Waals surface area contributed by atoms with Gasteiger partial charge in [-0.3, -0.25) is 5.10 Å². The fraction of sp³-hybridized carbons (Fsp3) is 0.222. The summed E-state index contributed by atoms with van der Waals surface area (Å²) < 4.78 is 5.31. The number of aromatic amines is 1. The molecule has 0 saturated heterocycles. The molecule has 13 heavy (non-hydrogen) atoms. The van der Waals surface area contributed by atoms with Gasteiger partial charge in [-0.15, -0.1) is 0 Å². The fourth-order valence-electron chi connectivity index (χ4n) is 1.35. The zero-order chi connectivity index (χ0) is 9.10. The monoisotopic (exact) mass is 177 g/mol. The minimum atomic E-state index is 0.0775. The number of rotatable bonds is 3. The van der Waals surface area contributed by atoms with E-state index in [1.807, 2.05) is 25.4 Å². The van der Waals surface area contributed by atoms with Gasteiger partial charge >= 0.3 is 0 Å². The van der Waals surface area contributed by atoms with Crippen molar-refractivity contribution in [3.05, 3.63) is 42.1 Å². The van der Waals surface area contributed by atoms with Crippen LogP contribution in [0.5, 0.6) is 0 Å². The Hall–Kier alpha value is -1.55. The quantitative estimate of drug-likeness (QED) is 0.743. The smallest absolute Gasteiger partial charge is 0.125 e. The Morgan fingerprint density at radius 3 is 3.08 bits per heavy atom. The van der Waals surface area contributed by atoms with Crippen molar-refractivity contribution in [2.45, 2.75) is 6.04 Å². The number of nitrogens with zero attached hydrogens (tertiary/aromatic N) is 1. The van der Waals surface area contributed by atoms with Gasteiger partial charge in [-0.1, -0.05) is 0 Å². The minimum Gasteiger partial charge on any atom is -0.467 e. The molecule has 68 valence electrons. The van der Waals surface area contributed by atoms with Gasteiger partial charge in [0.25, 0.3) is 0 Å². The van der Waals surface area contributed by atoms with Crippen LogP contribution >= 0.6 is 0 Å². The number of hydrogen-bond acceptors (Lipinski definition) is 3. The summed E-state index contributed by atoms with van der Waals surface area (Å²) in [5.41, 5.74) is 1.07. The number of hydrogen-bond donors (Lipinski definition) is 2. The number of H-pyrrole nitrogens is 1. The lowest BCUT2D eigenvalue weighted by Crippen LogP contribution is -2.16. The molecule has 1 atom stereocenters. The van der Waals surface area contributed by atoms with Gasteiger partial charge in [-0.25, -0.2) is 0 Å². The van der Waals surface area contributed by atoms with Crippen LogP contribution in [-0.2, 0) is 0 Å². The molecule has 0 aliphatic rings. The molecule has 0 amide bonds. The van der Waals surface area contributed by atoms with Crippen LogP contribution in [0, 0.1) is 0 Å². The van der Waals surface area contributed by atoms with Gasteiger partial charge in [0.2, 0.25) is 0 Å². The third kappa shape index (κ3) is 1.48. The standard InChI is InChI=1S/C9H11N3O/c1-10-9(7-5-11-12-6-7)8-3-2-4-13-8/h2-6,9-10H,1H3,(H,11,12). The molecule has 2 aromatic rings. The van der Waals surface area contributed by atoms with E-state index in [0.29, 0.717) is 0 Å². The molecular weight excluding hydrogens is 166 g/mol. The summed E-state index contributed by atoms with van der Waals surface area (Å²) in [6.45, 7) is 0. The average Bonchev–Trinajstić information content (AvgIpc) is 2.76. The molecule has 0 spiro atoms. The molecule has 0 fully saturated rings. The molecule has 2 heterocycles. The van der Waals surface area contributed by atoms with Gasteiger partial charge in [0, 0.05) is 11.8 Å². The van der Waals surface area contributed by atoms with Crippen LogP contribution in [0.3, 0.4) is 0 Å². The number of furan rings is 1. The highest BCUT2D eigenvalue weighted by Gasteiger charge is 2.14. The molecule has 0 aliphatic heterocycles. The largest absolute Gasteiger partial charge is 0.467 e. The molecule has 1 unspecified atom stereocenters. The lowest BCUT2D eigenvalue weighted by Gasteiger charge is -2.10. The first-order valence-electron chi connectivity index (χ1n) is 4.11. The molecule has 0 bridgehead atoms. The van der Waals surface area contributed by atoms with Crippen molar-refractivity contribution in [2.24, 2.45) is 0 Å². The van der Waals surface area contributed by atoms with E-state index >= 15 is 0 Å². The summed E-state index contributed by atoms with van der Waals surface area (Å²) in [5.74, 6) is 0.893. The molecular formula is C9H11N3O. The van der Waals surface area contributed by atoms with Crippen molar-refractivity contribution in [1.29, 1.82) is 0 Å². The van der Waals surface area contributed by atoms with Gasteiger partial charge in [0.05, 0.1) is 18.5 Å². The highest BCUT2D eigenvalue weighted by molar-refractivity contribution is 5.21. The lowest BCUT2D eigenvalue weighted by molar-refractivity contribution is 0.463. The van der Waals surface area contributed by atoms with Gasteiger partial charge in [0.15, 0.2) is 0 Å². The predicted molar refractivity (Wildman–Crippen MR) is 48.2 cm³/mol. The van der Waals surface area contributed by atoms with E-state index in [9.17, 15) is 0 Å². The Kier molecular flexibility index (Phi) is 2.14. The predicted octanol–water partition coefficient (Wildman–Crippen LogP) is 1.31. The first-order valence-corrected chi connectivity index (χ1v) is 4.11. The fourth-order valence-corrected chi connectivity index (χ4v) is 1.35. The van der Waals surface area contributed by atoms with Crippen LogP contribution in [0.4, 0.5) is 0 Å². The molecule has 4 heteroatoms. The summed E-state index contributed by atoms with van der Waals surface area (Å²) in [6.07, 6.45) is 5.30. The molecule has 2 rings (SSSR count). The second kappa shape index (κ2) is 3.45. The summed E-state index contributed by atoms with van der Waals surface area (Å²) in [7, 11) is 1.89. The summed E-state index contributed by atoms with van der Waals surface area (Å²) in [5, 5.41) is 9.82. The van der Waals surface area contributed by atoms with E-state index in [1.54, 1.807) is 12.5 Å². The Labute approximate surface area is 76.0 Å². The van der Waals surface area contributed by atoms with Crippen LogP contribution in [0.15, 0.2) is 35.2 Å². The van der Waals surface area contributed by atoms with Crippen molar-refractivity contribution < 1.29 is 4.42 Å². The Balaban J connectivity index is 2.29. The van der Waals surface area contributed by atoms with E-state index in [0.717, 1.165) is 11.3 Å². The second-order valence-corrected chi connectivity index (χ2v) is 2.77. The molecule has 0 radical (unpaired) electrons. The van der Waals surface area contributed by atoms with E-state index in [2.05, 4.69) is 15.5 Å². The number of aromatic nitrogens is 2. The second-order valence-electron chi connectivity index (χ2n) is 2.77. The van der Waals surface area contributed by atoms with Crippen LogP contribution in [0.1, 0.15) is 17.4 Å². The zero-order valence-electron chi connectivity index (χ0n) is 7.32. The molecule has 0 saturated carbocycles. The molecule has 0 aromatic carbocycles. The van der Waals surface area contributed by atoms with Gasteiger partial charge < -0.3 is 9.73 Å². The highest BCUT2D eigenvalue weighted by Crippen LogP contribution is 2.20. The Morgan fingerprint density at radius 1 is 1.62 bits per heavy atom. The maximum absolute atomic E-state index is 5.31. The summed E-state index contributed by atoms with van der Waals surface area (Å²) in [4.78, 5) is 0. The van der Waals surface area contributed by atoms with Gasteiger partial charge in [0.1, 0.15) is 5.76 Å². The van der Waals surface area contributed by atoms with Crippen LogP contribution < -0.4 is 5.32 Å². The van der Waals surface area contributed by atoms with E-state index < -0.39 is 0 Å². The first-order chi connectivity index (χ1) is 6.42. The van der Waals surface area contributed by atoms with Crippen molar-refractivity contribution in [1.82, 2.24) is 15.5 Å². The first kappa shape index (κ1) is 8.07. The van der Waals surface area contributed by atoms with Crippen molar-refractivity contribution in [3.63, 3.8) is 0 Å². The van der Waals surface area contributed by atoms with Gasteiger partial charge in [-0.05, 0) is 19.2 Å². The average molecular weight is 177 g/mol. The van der Waals surface area contributed by atoms with E-state index in [4.69, 9.17) is 4.42 Å². The van der Waals surface area contributed by atoms with E-state index in [-0.39, 0.29) is 6.04 Å². The van der Waals surface area contributed by atoms with Crippen LogP contribution in [0.2, 0.25) is 0 Å². The Bertz CT molecular complexity index is 305. The highest BCUT2D eigenvalue weighted by atomic mass is 16.3. The van der Waals surface area contributed by atoms with Crippen molar-refractivity contribution >= 4 is 0 Å². The zero-order valence-corrected chi connectivity index (χ0v) is 7.32. The lowest BCUT2D eigenvalue weighted by atomic mass is 10.1. The topological polar surface area (TPSA) is 53.9 Å². The van der Waals surface area contributed by atoms with Gasteiger partial charge in [-0.2, -0.15) is 5.10 Å². The third-order valence-corrected chi connectivity index (χ3v) is 1.97. The minimum absolute atomic E-state index is 0.0775. The van der Waals surface area contributed by atoms with E-state index in [1.165, 1.54) is 0 Å². The SMILES string of the molecule is CNC(c1cn[nH]c1)c1ccco1. The van der Waals surface area contributed by atoms with Crippen LogP contribution in [0.25, 0.3) is 0 Å². The Morgan fingerprint density at radius 2 is 2.54 bits per heavy atom. The normalized spacial score (nSPS) is 13.0. The molecule has 2 aromatic heterocycles.